The first kappa shape index (κ1) is 13.7. The molecule has 1 aromatic carbocycles. The lowest BCUT2D eigenvalue weighted by molar-refractivity contribution is 0.445. The Bertz CT molecular complexity index is 341. The molecule has 0 amide bonds. The molecule has 0 aliphatic rings. The number of hydrogen-bond acceptors (Lipinski definition) is 1. The average Bonchev–Trinajstić information content (AvgIpc) is 2.23. The van der Waals surface area contributed by atoms with Gasteiger partial charge in [0.25, 0.3) is 0 Å². The fraction of sp³-hybridized carbons (Fsp3) is 0.538. The van der Waals surface area contributed by atoms with E-state index in [9.17, 15) is 4.39 Å². The molecule has 0 spiro atoms. The van der Waals surface area contributed by atoms with E-state index in [0.717, 1.165) is 17.3 Å². The first-order valence-electron chi connectivity index (χ1n) is 5.72. The van der Waals surface area contributed by atoms with E-state index >= 15 is 0 Å². The smallest absolute Gasteiger partial charge is 0.126 e. The third-order valence-corrected chi connectivity index (χ3v) is 3.39. The van der Waals surface area contributed by atoms with Crippen molar-refractivity contribution in [2.75, 3.05) is 0 Å². The van der Waals surface area contributed by atoms with E-state index in [0.29, 0.717) is 17.9 Å². The monoisotopic (exact) mass is 287 g/mol. The highest BCUT2D eigenvalue weighted by Gasteiger charge is 2.11. The van der Waals surface area contributed by atoms with Crippen LogP contribution in [0.15, 0.2) is 22.7 Å². The van der Waals surface area contributed by atoms with Crippen molar-refractivity contribution in [3.05, 3.63) is 34.1 Å². The van der Waals surface area contributed by atoms with Gasteiger partial charge in [-0.05, 0) is 42.5 Å². The fourth-order valence-corrected chi connectivity index (χ4v) is 2.16. The summed E-state index contributed by atoms with van der Waals surface area (Å²) in [5, 5.41) is 0. The molecule has 0 aliphatic carbocycles. The van der Waals surface area contributed by atoms with Crippen molar-refractivity contribution in [2.45, 2.75) is 39.2 Å². The summed E-state index contributed by atoms with van der Waals surface area (Å²) in [6, 6.07) is 5.04. The molecule has 90 valence electrons. The van der Waals surface area contributed by atoms with E-state index in [1.54, 1.807) is 6.07 Å². The van der Waals surface area contributed by atoms with Crippen LogP contribution >= 0.6 is 15.9 Å². The average molecular weight is 288 g/mol. The molecular weight excluding hydrogens is 269 g/mol. The summed E-state index contributed by atoms with van der Waals surface area (Å²) in [6.07, 6.45) is 2.67. The van der Waals surface area contributed by atoms with Crippen LogP contribution in [0.25, 0.3) is 0 Å². The minimum absolute atomic E-state index is 0.0405. The molecule has 1 nitrogen and oxygen atoms in total. The van der Waals surface area contributed by atoms with Crippen LogP contribution in [-0.4, -0.2) is 6.04 Å². The molecule has 1 aromatic rings. The van der Waals surface area contributed by atoms with Crippen molar-refractivity contribution in [3.8, 4) is 0 Å². The highest BCUT2D eigenvalue weighted by molar-refractivity contribution is 9.10. The number of benzene rings is 1. The van der Waals surface area contributed by atoms with Crippen molar-refractivity contribution in [3.63, 3.8) is 0 Å². The van der Waals surface area contributed by atoms with Crippen LogP contribution in [0.5, 0.6) is 0 Å². The zero-order valence-corrected chi connectivity index (χ0v) is 11.4. The van der Waals surface area contributed by atoms with Crippen LogP contribution in [0.1, 0.15) is 32.3 Å². The summed E-state index contributed by atoms with van der Waals surface area (Å²) in [5.41, 5.74) is 6.72. The van der Waals surface area contributed by atoms with E-state index in [1.807, 2.05) is 6.07 Å². The van der Waals surface area contributed by atoms with E-state index in [4.69, 9.17) is 5.73 Å². The lowest BCUT2D eigenvalue weighted by Gasteiger charge is -2.16. The van der Waals surface area contributed by atoms with Crippen molar-refractivity contribution in [1.29, 1.82) is 0 Å². The Hall–Kier alpha value is -0.410. The summed E-state index contributed by atoms with van der Waals surface area (Å²) >= 11 is 3.34. The van der Waals surface area contributed by atoms with Gasteiger partial charge in [-0.1, -0.05) is 36.2 Å². The number of rotatable bonds is 5. The Labute approximate surface area is 105 Å². The van der Waals surface area contributed by atoms with Gasteiger partial charge in [0.1, 0.15) is 5.82 Å². The van der Waals surface area contributed by atoms with Gasteiger partial charge in [-0.15, -0.1) is 0 Å². The van der Waals surface area contributed by atoms with E-state index in [-0.39, 0.29) is 11.9 Å². The first-order chi connectivity index (χ1) is 7.52. The van der Waals surface area contributed by atoms with Crippen LogP contribution in [0, 0.1) is 11.7 Å². The molecule has 2 N–H and O–H groups in total. The topological polar surface area (TPSA) is 26.0 Å². The second-order valence-electron chi connectivity index (χ2n) is 4.45. The van der Waals surface area contributed by atoms with Crippen molar-refractivity contribution in [2.24, 2.45) is 11.7 Å². The van der Waals surface area contributed by atoms with Crippen LogP contribution in [0.2, 0.25) is 0 Å². The van der Waals surface area contributed by atoms with Crippen molar-refractivity contribution >= 4 is 15.9 Å². The maximum Gasteiger partial charge on any atom is 0.126 e. The van der Waals surface area contributed by atoms with Gasteiger partial charge in [-0.3, -0.25) is 0 Å². The molecule has 3 heteroatoms. The molecule has 1 rings (SSSR count). The lowest BCUT2D eigenvalue weighted by atomic mass is 9.95. The van der Waals surface area contributed by atoms with Gasteiger partial charge < -0.3 is 5.73 Å². The number of halogens is 2. The van der Waals surface area contributed by atoms with Gasteiger partial charge >= 0.3 is 0 Å². The third kappa shape index (κ3) is 4.22. The van der Waals surface area contributed by atoms with Crippen molar-refractivity contribution in [1.82, 2.24) is 0 Å². The molecule has 0 aliphatic heterocycles. The molecule has 0 bridgehead atoms. The van der Waals surface area contributed by atoms with Crippen LogP contribution in [0.3, 0.4) is 0 Å². The summed E-state index contributed by atoms with van der Waals surface area (Å²) in [6.45, 7) is 4.33. The number of hydrogen-bond donors (Lipinski definition) is 1. The van der Waals surface area contributed by atoms with Gasteiger partial charge in [0.05, 0.1) is 0 Å². The van der Waals surface area contributed by atoms with Crippen LogP contribution in [-0.2, 0) is 6.42 Å². The molecule has 2 unspecified atom stereocenters. The van der Waals surface area contributed by atoms with Crippen LogP contribution < -0.4 is 5.73 Å². The molecule has 0 radical (unpaired) electrons. The Balaban J connectivity index is 2.61. The predicted octanol–water partition coefficient (Wildman–Crippen LogP) is 3.89. The van der Waals surface area contributed by atoms with E-state index < -0.39 is 0 Å². The maximum atomic E-state index is 13.5. The summed E-state index contributed by atoms with van der Waals surface area (Å²) in [5.74, 6) is 0.438. The summed E-state index contributed by atoms with van der Waals surface area (Å²) < 4.78 is 14.4. The van der Waals surface area contributed by atoms with Crippen LogP contribution in [0.4, 0.5) is 4.39 Å². The largest absolute Gasteiger partial charge is 0.327 e. The van der Waals surface area contributed by atoms with Gasteiger partial charge in [0.2, 0.25) is 0 Å². The fourth-order valence-electron chi connectivity index (χ4n) is 1.75. The summed E-state index contributed by atoms with van der Waals surface area (Å²) in [7, 11) is 0. The number of nitrogens with two attached hydrogens (primary N) is 1. The quantitative estimate of drug-likeness (QED) is 0.874. The second kappa shape index (κ2) is 6.36. The molecule has 0 fully saturated rings. The van der Waals surface area contributed by atoms with Gasteiger partial charge in [0, 0.05) is 10.5 Å². The Morgan fingerprint density at radius 1 is 1.44 bits per heavy atom. The van der Waals surface area contributed by atoms with E-state index in [1.165, 1.54) is 6.07 Å². The maximum absolute atomic E-state index is 13.5. The van der Waals surface area contributed by atoms with Gasteiger partial charge in [-0.2, -0.15) is 0 Å². The zero-order valence-electron chi connectivity index (χ0n) is 9.84. The minimum Gasteiger partial charge on any atom is -0.327 e. The molecule has 0 saturated carbocycles. The third-order valence-electron chi connectivity index (χ3n) is 2.89. The Kier molecular flexibility index (Phi) is 5.42. The Morgan fingerprint density at radius 3 is 2.75 bits per heavy atom. The normalized spacial score (nSPS) is 14.8. The SMILES string of the molecule is CCC(C)CC(N)Cc1cc(Br)ccc1F. The van der Waals surface area contributed by atoms with E-state index in [2.05, 4.69) is 29.8 Å². The Morgan fingerprint density at radius 2 is 2.12 bits per heavy atom. The molecule has 0 heterocycles. The molecule has 16 heavy (non-hydrogen) atoms. The predicted molar refractivity (Wildman–Crippen MR) is 69.9 cm³/mol. The molecule has 0 saturated heterocycles. The van der Waals surface area contributed by atoms with Gasteiger partial charge in [0.15, 0.2) is 0 Å². The highest BCUT2D eigenvalue weighted by atomic mass is 79.9. The molecule has 0 aromatic heterocycles. The standard InChI is InChI=1S/C13H19BrFN/c1-3-9(2)6-12(16)8-10-7-11(14)4-5-13(10)15/h4-5,7,9,12H,3,6,8,16H2,1-2H3. The first-order valence-corrected chi connectivity index (χ1v) is 6.51. The zero-order chi connectivity index (χ0) is 12.1. The van der Waals surface area contributed by atoms with Crippen molar-refractivity contribution < 1.29 is 4.39 Å². The lowest BCUT2D eigenvalue weighted by Crippen LogP contribution is -2.25. The van der Waals surface area contributed by atoms with Gasteiger partial charge in [-0.25, -0.2) is 4.39 Å². The minimum atomic E-state index is -0.164. The highest BCUT2D eigenvalue weighted by Crippen LogP contribution is 2.18. The second-order valence-corrected chi connectivity index (χ2v) is 5.36. The molecular formula is C13H19BrFN. The molecule has 2 atom stereocenters. The summed E-state index contributed by atoms with van der Waals surface area (Å²) in [4.78, 5) is 0.